The van der Waals surface area contributed by atoms with Crippen molar-refractivity contribution in [2.24, 2.45) is 5.41 Å². The number of carbonyl (C=O) groups is 1. The predicted octanol–water partition coefficient (Wildman–Crippen LogP) is 4.71. The van der Waals surface area contributed by atoms with Gasteiger partial charge in [0.05, 0.1) is 5.41 Å². The van der Waals surface area contributed by atoms with Crippen LogP contribution in [0.4, 0.5) is 0 Å². The van der Waals surface area contributed by atoms with E-state index in [4.69, 9.17) is 0 Å². The van der Waals surface area contributed by atoms with Gasteiger partial charge in [-0.3, -0.25) is 4.79 Å². The van der Waals surface area contributed by atoms with E-state index < -0.39 is 11.4 Å². The van der Waals surface area contributed by atoms with Crippen LogP contribution in [0.2, 0.25) is 0 Å². The first-order valence-electron chi connectivity index (χ1n) is 7.20. The monoisotopic (exact) mass is 250 g/mol. The lowest BCUT2D eigenvalue weighted by Crippen LogP contribution is -2.29. The van der Waals surface area contributed by atoms with Crippen LogP contribution < -0.4 is 0 Å². The lowest BCUT2D eigenvalue weighted by atomic mass is 9.76. The van der Waals surface area contributed by atoms with Crippen molar-refractivity contribution in [2.45, 2.75) is 65.2 Å². The van der Waals surface area contributed by atoms with Crippen LogP contribution in [0.1, 0.15) is 65.2 Å². The number of hydrogen-bond acceptors (Lipinski definition) is 1. The fourth-order valence-electron chi connectivity index (χ4n) is 2.44. The van der Waals surface area contributed by atoms with E-state index in [1.165, 1.54) is 31.3 Å². The molecule has 0 bridgehead atoms. The molecule has 18 heavy (non-hydrogen) atoms. The van der Waals surface area contributed by atoms with Gasteiger partial charge in [0.25, 0.3) is 0 Å². The molecule has 0 aromatic heterocycles. The van der Waals surface area contributed by atoms with Crippen molar-refractivity contribution in [3.63, 3.8) is 0 Å². The van der Waals surface area contributed by atoms with Crippen molar-refractivity contribution in [1.29, 1.82) is 0 Å². The standard InChI is InChI=1S/C16H26O2/c1-3-4-5-6-7-8-11-16(15(17)18)12-9-14(2)10-13-16/h9-10,12H,3-8,11,13H2,1-2H3,(H,17,18). The molecule has 2 heteroatoms. The maximum absolute atomic E-state index is 11.5. The summed E-state index contributed by atoms with van der Waals surface area (Å²) in [6, 6.07) is 0. The Morgan fingerprint density at radius 2 is 1.94 bits per heavy atom. The first kappa shape index (κ1) is 15.0. The summed E-state index contributed by atoms with van der Waals surface area (Å²) in [5, 5.41) is 9.44. The summed E-state index contributed by atoms with van der Waals surface area (Å²) in [6.07, 6.45) is 14.6. The van der Waals surface area contributed by atoms with Crippen LogP contribution in [0, 0.1) is 5.41 Å². The molecule has 0 heterocycles. The van der Waals surface area contributed by atoms with E-state index in [1.54, 1.807) is 0 Å². The first-order chi connectivity index (χ1) is 8.60. The highest BCUT2D eigenvalue weighted by Crippen LogP contribution is 2.35. The Kier molecular flexibility index (Phi) is 6.17. The average molecular weight is 250 g/mol. The Hall–Kier alpha value is -1.05. The molecular formula is C16H26O2. The molecule has 0 saturated carbocycles. The lowest BCUT2D eigenvalue weighted by molar-refractivity contribution is -0.146. The Morgan fingerprint density at radius 3 is 2.50 bits per heavy atom. The van der Waals surface area contributed by atoms with Crippen LogP contribution in [-0.2, 0) is 4.79 Å². The van der Waals surface area contributed by atoms with E-state index in [0.717, 1.165) is 19.3 Å². The van der Waals surface area contributed by atoms with Gasteiger partial charge in [-0.15, -0.1) is 0 Å². The summed E-state index contributed by atoms with van der Waals surface area (Å²) in [5.41, 5.74) is 0.541. The Morgan fingerprint density at radius 1 is 1.28 bits per heavy atom. The second-order valence-corrected chi connectivity index (χ2v) is 5.46. The predicted molar refractivity (Wildman–Crippen MR) is 75.6 cm³/mol. The van der Waals surface area contributed by atoms with Crippen LogP contribution in [0.15, 0.2) is 23.8 Å². The molecule has 0 aromatic rings. The highest BCUT2D eigenvalue weighted by Gasteiger charge is 2.35. The largest absolute Gasteiger partial charge is 0.481 e. The maximum atomic E-state index is 11.5. The van der Waals surface area contributed by atoms with Gasteiger partial charge in [-0.2, -0.15) is 0 Å². The van der Waals surface area contributed by atoms with Gasteiger partial charge in [-0.05, 0) is 19.8 Å². The molecule has 1 N–H and O–H groups in total. The van der Waals surface area contributed by atoms with E-state index in [2.05, 4.69) is 6.92 Å². The average Bonchev–Trinajstić information content (AvgIpc) is 2.36. The van der Waals surface area contributed by atoms with Gasteiger partial charge in [-0.25, -0.2) is 0 Å². The molecule has 0 saturated heterocycles. The number of carboxylic acids is 1. The molecule has 1 aliphatic rings. The van der Waals surface area contributed by atoms with Crippen molar-refractivity contribution in [1.82, 2.24) is 0 Å². The van der Waals surface area contributed by atoms with Crippen molar-refractivity contribution >= 4 is 5.97 Å². The van der Waals surface area contributed by atoms with E-state index in [-0.39, 0.29) is 0 Å². The molecule has 0 fully saturated rings. The first-order valence-corrected chi connectivity index (χ1v) is 7.20. The zero-order valence-electron chi connectivity index (χ0n) is 11.7. The molecule has 1 aliphatic carbocycles. The van der Waals surface area contributed by atoms with Gasteiger partial charge in [0, 0.05) is 0 Å². The number of rotatable bonds is 8. The van der Waals surface area contributed by atoms with Crippen LogP contribution in [0.5, 0.6) is 0 Å². The molecule has 0 amide bonds. The highest BCUT2D eigenvalue weighted by molar-refractivity contribution is 5.78. The van der Waals surface area contributed by atoms with Crippen molar-refractivity contribution < 1.29 is 9.90 Å². The zero-order valence-corrected chi connectivity index (χ0v) is 11.7. The molecule has 0 radical (unpaired) electrons. The van der Waals surface area contributed by atoms with Crippen LogP contribution in [0.25, 0.3) is 0 Å². The zero-order chi connectivity index (χ0) is 13.4. The summed E-state index contributed by atoms with van der Waals surface area (Å²) in [4.78, 5) is 11.5. The van der Waals surface area contributed by atoms with Crippen LogP contribution in [0.3, 0.4) is 0 Å². The van der Waals surface area contributed by atoms with Crippen LogP contribution >= 0.6 is 0 Å². The number of unbranched alkanes of at least 4 members (excludes halogenated alkanes) is 5. The molecule has 102 valence electrons. The van der Waals surface area contributed by atoms with Crippen molar-refractivity contribution in [3.05, 3.63) is 23.8 Å². The summed E-state index contributed by atoms with van der Waals surface area (Å²) in [7, 11) is 0. The third-order valence-corrected chi connectivity index (χ3v) is 3.86. The van der Waals surface area contributed by atoms with Gasteiger partial charge >= 0.3 is 5.97 Å². The van der Waals surface area contributed by atoms with Gasteiger partial charge in [0.2, 0.25) is 0 Å². The smallest absolute Gasteiger partial charge is 0.313 e. The number of hydrogen-bond donors (Lipinski definition) is 1. The second kappa shape index (κ2) is 7.40. The fourth-order valence-corrected chi connectivity index (χ4v) is 2.44. The molecular weight excluding hydrogens is 224 g/mol. The summed E-state index contributed by atoms with van der Waals surface area (Å²) < 4.78 is 0. The quantitative estimate of drug-likeness (QED) is 0.633. The second-order valence-electron chi connectivity index (χ2n) is 5.46. The molecule has 2 nitrogen and oxygen atoms in total. The Bertz CT molecular complexity index is 328. The molecule has 1 unspecified atom stereocenters. The third kappa shape index (κ3) is 4.32. The maximum Gasteiger partial charge on any atom is 0.313 e. The third-order valence-electron chi connectivity index (χ3n) is 3.86. The number of allylic oxidation sites excluding steroid dienone is 3. The minimum atomic E-state index is -0.670. The van der Waals surface area contributed by atoms with E-state index in [0.29, 0.717) is 6.42 Å². The van der Waals surface area contributed by atoms with E-state index in [9.17, 15) is 9.90 Å². The normalized spacial score (nSPS) is 22.9. The van der Waals surface area contributed by atoms with E-state index in [1.807, 2.05) is 25.2 Å². The number of aliphatic carboxylic acids is 1. The minimum Gasteiger partial charge on any atom is -0.481 e. The van der Waals surface area contributed by atoms with Crippen molar-refractivity contribution in [2.75, 3.05) is 0 Å². The molecule has 1 atom stereocenters. The fraction of sp³-hybridized carbons (Fsp3) is 0.688. The van der Waals surface area contributed by atoms with Crippen LogP contribution in [-0.4, -0.2) is 11.1 Å². The van der Waals surface area contributed by atoms with E-state index >= 15 is 0 Å². The Balaban J connectivity index is 2.37. The number of carboxylic acid groups (broad SMARTS) is 1. The topological polar surface area (TPSA) is 37.3 Å². The minimum absolute atomic E-state index is 0.635. The molecule has 0 spiro atoms. The molecule has 0 aromatic carbocycles. The lowest BCUT2D eigenvalue weighted by Gasteiger charge is -2.27. The SMILES string of the molecule is CCCCCCCCC1(C(=O)O)C=CC(C)=CC1. The molecule has 0 aliphatic heterocycles. The summed E-state index contributed by atoms with van der Waals surface area (Å²) >= 11 is 0. The van der Waals surface area contributed by atoms with Gasteiger partial charge in [0.15, 0.2) is 0 Å². The van der Waals surface area contributed by atoms with Gasteiger partial charge in [-0.1, -0.05) is 69.2 Å². The van der Waals surface area contributed by atoms with Crippen molar-refractivity contribution in [3.8, 4) is 0 Å². The highest BCUT2D eigenvalue weighted by atomic mass is 16.4. The summed E-state index contributed by atoms with van der Waals surface area (Å²) in [6.45, 7) is 4.23. The molecule has 1 rings (SSSR count). The summed E-state index contributed by atoms with van der Waals surface area (Å²) in [5.74, 6) is -0.670. The van der Waals surface area contributed by atoms with Gasteiger partial charge < -0.3 is 5.11 Å². The Labute approximate surface area is 111 Å². The van der Waals surface area contributed by atoms with Gasteiger partial charge in [0.1, 0.15) is 0 Å².